The molecule has 2 aliphatic heterocycles. The van der Waals surface area contributed by atoms with Crippen molar-refractivity contribution in [2.24, 2.45) is 0 Å². The van der Waals surface area contributed by atoms with Gasteiger partial charge in [0.1, 0.15) is 13.9 Å². The Labute approximate surface area is 322 Å². The first-order chi connectivity index (χ1) is 25.9. The van der Waals surface area contributed by atoms with Crippen LogP contribution in [0.5, 0.6) is 0 Å². The molecule has 5 aromatic rings. The number of ether oxygens (including phenoxy) is 1. The average molecular weight is 758 g/mol. The van der Waals surface area contributed by atoms with Crippen LogP contribution >= 0.6 is 35.3 Å². The molecule has 1 aromatic heterocycles. The van der Waals surface area contributed by atoms with Crippen molar-refractivity contribution in [3.8, 4) is 22.3 Å². The van der Waals surface area contributed by atoms with Crippen LogP contribution in [0.4, 0.5) is 11.4 Å². The molecule has 0 aliphatic carbocycles. The highest BCUT2D eigenvalue weighted by atomic mass is 32.2. The van der Waals surface area contributed by atoms with Gasteiger partial charge in [0.25, 0.3) is 17.9 Å². The summed E-state index contributed by atoms with van der Waals surface area (Å²) in [5.41, 5.74) is 9.46. The standard InChI is InChI=1S/C43H39N3O4S3/c1-3-5-6-14-23-45-36-20-13-12-19-34(36)32-17-10-11-18-33(32)35-25-29(21-22-37(35)45)24-31(30-15-8-7-9-16-30)26-38-40(48)46(27-50-28-47)42(52-38)39-41(49)44(4-2)43(51)53-39/h7-13,15-22,24-26,28H,3-6,14,23,27H2,1-2H3. The van der Waals surface area contributed by atoms with E-state index in [1.165, 1.54) is 62.4 Å². The molecule has 10 heteroatoms. The first-order valence-corrected chi connectivity index (χ1v) is 19.9. The summed E-state index contributed by atoms with van der Waals surface area (Å²) in [6, 6.07) is 33.8. The monoisotopic (exact) mass is 757 g/mol. The van der Waals surface area contributed by atoms with Crippen molar-refractivity contribution in [1.82, 2.24) is 9.47 Å². The van der Waals surface area contributed by atoms with E-state index in [9.17, 15) is 14.4 Å². The highest BCUT2D eigenvalue weighted by Gasteiger charge is 2.33. The summed E-state index contributed by atoms with van der Waals surface area (Å²) in [4.78, 5) is 42.8. The van der Waals surface area contributed by atoms with E-state index in [0.717, 1.165) is 52.7 Å². The summed E-state index contributed by atoms with van der Waals surface area (Å²) in [7, 11) is 0. The summed E-state index contributed by atoms with van der Waals surface area (Å²) in [6.07, 6.45) is 8.63. The Balaban J connectivity index is 1.41. The minimum Gasteiger partial charge on any atom is -0.446 e. The predicted molar refractivity (Wildman–Crippen MR) is 223 cm³/mol. The van der Waals surface area contributed by atoms with Crippen LogP contribution in [0.1, 0.15) is 50.7 Å². The number of anilines is 2. The maximum atomic E-state index is 14.0. The number of carbonyl (C=O) groups is 2. The number of hydrogen-bond acceptors (Lipinski definition) is 8. The van der Waals surface area contributed by atoms with Crippen molar-refractivity contribution in [2.45, 2.75) is 46.3 Å². The summed E-state index contributed by atoms with van der Waals surface area (Å²) in [5.74, 6) is -0.263. The van der Waals surface area contributed by atoms with E-state index in [4.69, 9.17) is 17.0 Å². The second kappa shape index (κ2) is 16.3. The van der Waals surface area contributed by atoms with Crippen molar-refractivity contribution in [3.05, 3.63) is 128 Å². The molecule has 7 rings (SSSR count). The topological polar surface area (TPSA) is 71.8 Å². The van der Waals surface area contributed by atoms with Crippen molar-refractivity contribution >= 4 is 86.0 Å². The molecule has 0 N–H and O–H groups in total. The predicted octanol–water partition coefficient (Wildman–Crippen LogP) is 8.42. The van der Waals surface area contributed by atoms with Crippen LogP contribution in [0.2, 0.25) is 0 Å². The molecule has 4 aromatic carbocycles. The molecule has 268 valence electrons. The number of carbonyl (C=O) groups excluding carboxylic acids is 2. The number of nitrogens with zero attached hydrogens (tertiary/aromatic N) is 3. The van der Waals surface area contributed by atoms with E-state index in [1.807, 2.05) is 43.3 Å². The van der Waals surface area contributed by atoms with E-state index >= 15 is 0 Å². The zero-order valence-electron chi connectivity index (χ0n) is 29.6. The van der Waals surface area contributed by atoms with Gasteiger partial charge in [0.05, 0.1) is 4.53 Å². The van der Waals surface area contributed by atoms with Gasteiger partial charge in [0.15, 0.2) is 6.73 Å². The Kier molecular flexibility index (Phi) is 11.2. The molecule has 0 radical (unpaired) electrons. The van der Waals surface area contributed by atoms with Gasteiger partial charge in [-0.25, -0.2) is 0 Å². The third-order valence-electron chi connectivity index (χ3n) is 9.50. The van der Waals surface area contributed by atoms with Crippen molar-refractivity contribution in [2.75, 3.05) is 18.0 Å². The second-order valence-electron chi connectivity index (χ2n) is 12.8. The molecule has 1 saturated heterocycles. The number of amides is 1. The van der Waals surface area contributed by atoms with Crippen molar-refractivity contribution in [3.63, 3.8) is 0 Å². The van der Waals surface area contributed by atoms with Crippen LogP contribution in [-0.4, -0.2) is 39.3 Å². The van der Waals surface area contributed by atoms with Crippen LogP contribution in [-0.2, 0) is 21.1 Å². The lowest BCUT2D eigenvalue weighted by molar-refractivity contribution is -0.132. The third kappa shape index (κ3) is 7.31. The van der Waals surface area contributed by atoms with Crippen LogP contribution in [0, 0.1) is 0 Å². The van der Waals surface area contributed by atoms with Gasteiger partial charge in [-0.15, -0.1) is 11.3 Å². The number of allylic oxidation sites excluding steroid dienone is 1. The molecule has 0 unspecified atom stereocenters. The van der Waals surface area contributed by atoms with Crippen molar-refractivity contribution < 1.29 is 14.3 Å². The zero-order chi connectivity index (χ0) is 36.9. The summed E-state index contributed by atoms with van der Waals surface area (Å²) in [5, 5.41) is 0. The van der Waals surface area contributed by atoms with Crippen LogP contribution < -0.4 is 19.7 Å². The minimum atomic E-state index is -0.359. The Morgan fingerprint density at radius 1 is 0.792 bits per heavy atom. The molecule has 0 saturated carbocycles. The molecule has 1 amide bonds. The highest BCUT2D eigenvalue weighted by Crippen LogP contribution is 2.48. The Hall–Kier alpha value is -5.03. The maximum absolute atomic E-state index is 14.0. The number of unbranched alkanes of at least 4 members (excludes halogenated alkanes) is 3. The lowest BCUT2D eigenvalue weighted by Crippen LogP contribution is -2.34. The average Bonchev–Trinajstić information content (AvgIpc) is 3.61. The zero-order valence-corrected chi connectivity index (χ0v) is 32.1. The van der Waals surface area contributed by atoms with Gasteiger partial charge in [-0.1, -0.05) is 129 Å². The highest BCUT2D eigenvalue weighted by molar-refractivity contribution is 8.30. The molecule has 1 fully saturated rings. The summed E-state index contributed by atoms with van der Waals surface area (Å²) >= 11 is 7.81. The maximum Gasteiger partial charge on any atom is 0.294 e. The van der Waals surface area contributed by atoms with E-state index < -0.39 is 0 Å². The van der Waals surface area contributed by atoms with Gasteiger partial charge >= 0.3 is 0 Å². The molecule has 0 spiro atoms. The summed E-state index contributed by atoms with van der Waals surface area (Å²) in [6.45, 7) is 5.41. The van der Waals surface area contributed by atoms with Crippen LogP contribution in [0.25, 0.3) is 44.9 Å². The number of thiocarbonyl (C=S) groups is 1. The van der Waals surface area contributed by atoms with E-state index in [1.54, 1.807) is 0 Å². The third-order valence-corrected chi connectivity index (χ3v) is 12.2. The number of aromatic nitrogens is 1. The number of hydrogen-bond donors (Lipinski definition) is 0. The largest absolute Gasteiger partial charge is 0.446 e. The van der Waals surface area contributed by atoms with Gasteiger partial charge < -0.3 is 9.64 Å². The number of fused-ring (bicyclic) bond motifs is 5. The lowest BCUT2D eigenvalue weighted by atomic mass is 9.93. The number of thiazole rings is 1. The fourth-order valence-electron chi connectivity index (χ4n) is 6.92. The Morgan fingerprint density at radius 2 is 1.49 bits per heavy atom. The smallest absolute Gasteiger partial charge is 0.294 e. The Morgan fingerprint density at radius 3 is 2.21 bits per heavy atom. The second-order valence-corrected chi connectivity index (χ2v) is 15.5. The number of para-hydroxylation sites is 1. The van der Waals surface area contributed by atoms with Gasteiger partial charge in [0, 0.05) is 35.6 Å². The fourth-order valence-corrected chi connectivity index (χ4v) is 9.54. The molecule has 7 nitrogen and oxygen atoms in total. The molecule has 0 atom stereocenters. The molecular formula is C43H39N3O4S3. The SMILES string of the molecule is CCCCCCN1c2ccccc2-c2ccccc2-c2cc(C=C(C=c3sc(=C4SC(=S)N(CC)C4=O)n(COC=O)c3=O)c3ccccc3)ccc21. The van der Waals surface area contributed by atoms with Crippen LogP contribution in [0.3, 0.4) is 0 Å². The first kappa shape index (κ1) is 36.3. The Bertz CT molecular complexity index is 2410. The molecule has 0 bridgehead atoms. The van der Waals surface area contributed by atoms with E-state index in [0.29, 0.717) is 31.4 Å². The summed E-state index contributed by atoms with van der Waals surface area (Å²) < 4.78 is 7.63. The first-order valence-electron chi connectivity index (χ1n) is 17.9. The molecule has 3 heterocycles. The van der Waals surface area contributed by atoms with Gasteiger partial charge in [-0.3, -0.25) is 23.9 Å². The quantitative estimate of drug-likeness (QED) is 0.0548. The van der Waals surface area contributed by atoms with Gasteiger partial charge in [0.2, 0.25) is 0 Å². The van der Waals surface area contributed by atoms with Gasteiger partial charge in [-0.05, 0) is 71.5 Å². The van der Waals surface area contributed by atoms with Crippen LogP contribution in [0.15, 0.2) is 102 Å². The van der Waals surface area contributed by atoms with E-state index in [2.05, 4.69) is 84.6 Å². The molecule has 2 aliphatic rings. The molecular weight excluding hydrogens is 719 g/mol. The fraction of sp³-hybridized carbons (Fsp3) is 0.209. The molecule has 53 heavy (non-hydrogen) atoms. The van der Waals surface area contributed by atoms with Gasteiger partial charge in [-0.2, -0.15) is 0 Å². The van der Waals surface area contributed by atoms with E-state index in [-0.39, 0.29) is 18.2 Å². The number of thioether (sulfide) groups is 1. The lowest BCUT2D eigenvalue weighted by Gasteiger charge is -2.27. The number of rotatable bonds is 12. The number of benzene rings is 4. The minimum absolute atomic E-state index is 0.263. The normalized spacial score (nSPS) is 15.3. The van der Waals surface area contributed by atoms with Crippen molar-refractivity contribution in [1.29, 1.82) is 0 Å².